The highest BCUT2D eigenvalue weighted by Gasteiger charge is 2.43. The average molecular weight is 382 g/mol. The van der Waals surface area contributed by atoms with Gasteiger partial charge in [0.2, 0.25) is 0 Å². The van der Waals surface area contributed by atoms with Crippen molar-refractivity contribution in [1.82, 2.24) is 0 Å². The fourth-order valence-electron chi connectivity index (χ4n) is 2.78. The molecule has 1 fully saturated rings. The first kappa shape index (κ1) is 18.9. The van der Waals surface area contributed by atoms with Crippen LogP contribution in [0.2, 0.25) is 0 Å². The van der Waals surface area contributed by atoms with Crippen LogP contribution in [0.25, 0.3) is 11.1 Å². The van der Waals surface area contributed by atoms with E-state index in [1.807, 2.05) is 0 Å². The summed E-state index contributed by atoms with van der Waals surface area (Å²) >= 11 is 0. The lowest BCUT2D eigenvalue weighted by molar-refractivity contribution is -0.274. The largest absolute Gasteiger partial charge is 0.573 e. The van der Waals surface area contributed by atoms with E-state index < -0.39 is 12.3 Å². The molecule has 0 aliphatic heterocycles. The van der Waals surface area contributed by atoms with Gasteiger partial charge in [-0.25, -0.2) is 0 Å². The third-order valence-electron chi connectivity index (χ3n) is 4.27. The van der Waals surface area contributed by atoms with E-state index in [1.165, 1.54) is 25.3 Å². The zero-order valence-corrected chi connectivity index (χ0v) is 14.3. The van der Waals surface area contributed by atoms with Crippen LogP contribution in [0.4, 0.5) is 13.2 Å². The first-order valence-electron chi connectivity index (χ1n) is 8.16. The smallest absolute Gasteiger partial charge is 0.496 e. The Morgan fingerprint density at radius 1 is 1.15 bits per heavy atom. The van der Waals surface area contributed by atoms with Gasteiger partial charge in [0.1, 0.15) is 17.2 Å². The van der Waals surface area contributed by atoms with Crippen molar-refractivity contribution < 1.29 is 37.3 Å². The summed E-state index contributed by atoms with van der Waals surface area (Å²) in [6.45, 7) is 0.314. The molecule has 5 nitrogen and oxygen atoms in total. The number of carbonyl (C=O) groups is 1. The number of ether oxygens (including phenoxy) is 3. The lowest BCUT2D eigenvalue weighted by Gasteiger charge is -2.14. The standard InChI is InChI=1S/C19H17F3O5/c1-25-17-7-6-14(27-19(20,21)22)9-15(17)11-2-4-13(5-3-11)26-10-12-8-16(12)18(23)24/h2-7,9,12,16H,8,10H2,1H3,(H,23,24)/t12-,16+/m0/s1. The van der Waals surface area contributed by atoms with Crippen LogP contribution in [0.1, 0.15) is 6.42 Å². The zero-order chi connectivity index (χ0) is 19.6. The van der Waals surface area contributed by atoms with E-state index in [0.717, 1.165) is 0 Å². The van der Waals surface area contributed by atoms with Gasteiger partial charge in [0.15, 0.2) is 0 Å². The molecule has 0 spiro atoms. The Hall–Kier alpha value is -2.90. The Morgan fingerprint density at radius 3 is 2.37 bits per heavy atom. The predicted molar refractivity (Wildman–Crippen MR) is 89.8 cm³/mol. The molecule has 0 bridgehead atoms. The van der Waals surface area contributed by atoms with E-state index in [2.05, 4.69) is 4.74 Å². The number of hydrogen-bond donors (Lipinski definition) is 1. The second-order valence-corrected chi connectivity index (χ2v) is 6.19. The quantitative estimate of drug-likeness (QED) is 0.771. The van der Waals surface area contributed by atoms with Crippen LogP contribution >= 0.6 is 0 Å². The summed E-state index contributed by atoms with van der Waals surface area (Å²) < 4.78 is 52.1. The molecule has 0 heterocycles. The molecule has 1 saturated carbocycles. The minimum atomic E-state index is -4.78. The Balaban J connectivity index is 1.72. The maximum Gasteiger partial charge on any atom is 0.573 e. The lowest BCUT2D eigenvalue weighted by Crippen LogP contribution is -2.17. The van der Waals surface area contributed by atoms with Gasteiger partial charge in [0.25, 0.3) is 0 Å². The number of aliphatic carboxylic acids is 1. The van der Waals surface area contributed by atoms with Crippen LogP contribution in [-0.2, 0) is 4.79 Å². The highest BCUT2D eigenvalue weighted by molar-refractivity contribution is 5.73. The number of rotatable bonds is 7. The van der Waals surface area contributed by atoms with Crippen molar-refractivity contribution in [3.63, 3.8) is 0 Å². The summed E-state index contributed by atoms with van der Waals surface area (Å²) in [6, 6.07) is 10.6. The van der Waals surface area contributed by atoms with Gasteiger partial charge >= 0.3 is 12.3 Å². The molecule has 2 atom stereocenters. The van der Waals surface area contributed by atoms with Crippen LogP contribution in [0.3, 0.4) is 0 Å². The Morgan fingerprint density at radius 2 is 1.81 bits per heavy atom. The Labute approximate surface area is 153 Å². The minimum Gasteiger partial charge on any atom is -0.496 e. The molecule has 8 heteroatoms. The number of alkyl halides is 3. The van der Waals surface area contributed by atoms with Gasteiger partial charge in [-0.15, -0.1) is 13.2 Å². The van der Waals surface area contributed by atoms with Crippen LogP contribution in [0.5, 0.6) is 17.2 Å². The van der Waals surface area contributed by atoms with Crippen LogP contribution in [0.15, 0.2) is 42.5 Å². The van der Waals surface area contributed by atoms with Crippen molar-refractivity contribution in [2.45, 2.75) is 12.8 Å². The fourth-order valence-corrected chi connectivity index (χ4v) is 2.78. The average Bonchev–Trinajstić information content (AvgIpc) is 3.39. The first-order valence-corrected chi connectivity index (χ1v) is 8.16. The summed E-state index contributed by atoms with van der Waals surface area (Å²) in [5, 5.41) is 8.88. The van der Waals surface area contributed by atoms with Crippen LogP contribution < -0.4 is 14.2 Å². The summed E-state index contributed by atoms with van der Waals surface area (Å²) in [4.78, 5) is 10.8. The van der Waals surface area contributed by atoms with Gasteiger partial charge in [0.05, 0.1) is 19.6 Å². The maximum absolute atomic E-state index is 12.4. The van der Waals surface area contributed by atoms with Crippen molar-refractivity contribution in [3.05, 3.63) is 42.5 Å². The molecule has 2 aromatic rings. The monoisotopic (exact) mass is 382 g/mol. The minimum absolute atomic E-state index is 0.0125. The molecule has 0 unspecified atom stereocenters. The SMILES string of the molecule is COc1ccc(OC(F)(F)F)cc1-c1ccc(OC[C@@H]2C[C@H]2C(=O)O)cc1. The van der Waals surface area contributed by atoms with E-state index in [4.69, 9.17) is 14.6 Å². The summed E-state index contributed by atoms with van der Waals surface area (Å²) in [7, 11) is 1.43. The topological polar surface area (TPSA) is 65.0 Å². The van der Waals surface area contributed by atoms with Gasteiger partial charge in [-0.2, -0.15) is 0 Å². The molecule has 0 saturated heterocycles. The number of carboxylic acids is 1. The Kier molecular flexibility index (Phi) is 5.16. The second kappa shape index (κ2) is 7.38. The van der Waals surface area contributed by atoms with Gasteiger partial charge in [-0.3, -0.25) is 4.79 Å². The molecule has 1 aliphatic rings. The van der Waals surface area contributed by atoms with Gasteiger partial charge in [0, 0.05) is 11.5 Å². The predicted octanol–water partition coefficient (Wildman–Crippen LogP) is 4.36. The molecule has 0 radical (unpaired) electrons. The van der Waals surface area contributed by atoms with Crippen molar-refractivity contribution in [2.75, 3.05) is 13.7 Å². The molecule has 144 valence electrons. The van der Waals surface area contributed by atoms with E-state index in [-0.39, 0.29) is 17.6 Å². The fraction of sp³-hybridized carbons (Fsp3) is 0.316. The molecular formula is C19H17F3O5. The molecule has 27 heavy (non-hydrogen) atoms. The highest BCUT2D eigenvalue weighted by Crippen LogP contribution is 2.39. The molecule has 1 aliphatic carbocycles. The molecular weight excluding hydrogens is 365 g/mol. The number of carboxylic acid groups (broad SMARTS) is 1. The summed E-state index contributed by atoms with van der Waals surface area (Å²) in [5.74, 6) is -0.528. The molecule has 2 aromatic carbocycles. The van der Waals surface area contributed by atoms with E-state index in [0.29, 0.717) is 35.7 Å². The number of halogens is 3. The molecule has 3 rings (SSSR count). The molecule has 0 amide bonds. The van der Waals surface area contributed by atoms with Crippen LogP contribution in [-0.4, -0.2) is 31.2 Å². The van der Waals surface area contributed by atoms with E-state index in [1.54, 1.807) is 24.3 Å². The third-order valence-corrected chi connectivity index (χ3v) is 4.27. The van der Waals surface area contributed by atoms with Crippen LogP contribution in [0, 0.1) is 11.8 Å². The zero-order valence-electron chi connectivity index (χ0n) is 14.3. The first-order chi connectivity index (χ1) is 12.8. The van der Waals surface area contributed by atoms with E-state index >= 15 is 0 Å². The number of hydrogen-bond acceptors (Lipinski definition) is 4. The second-order valence-electron chi connectivity index (χ2n) is 6.19. The van der Waals surface area contributed by atoms with Crippen molar-refractivity contribution in [1.29, 1.82) is 0 Å². The Bertz CT molecular complexity index is 817. The molecule has 0 aromatic heterocycles. The number of benzene rings is 2. The number of methoxy groups -OCH3 is 1. The van der Waals surface area contributed by atoms with Gasteiger partial charge < -0.3 is 19.3 Å². The van der Waals surface area contributed by atoms with E-state index in [9.17, 15) is 18.0 Å². The maximum atomic E-state index is 12.4. The normalized spacial score (nSPS) is 18.7. The van der Waals surface area contributed by atoms with Crippen molar-refractivity contribution in [2.24, 2.45) is 11.8 Å². The highest BCUT2D eigenvalue weighted by atomic mass is 19.4. The molecule has 1 N–H and O–H groups in total. The van der Waals surface area contributed by atoms with Gasteiger partial charge in [-0.1, -0.05) is 12.1 Å². The third kappa shape index (κ3) is 4.84. The lowest BCUT2D eigenvalue weighted by atomic mass is 10.0. The van der Waals surface area contributed by atoms with Crippen molar-refractivity contribution in [3.8, 4) is 28.4 Å². The van der Waals surface area contributed by atoms with Crippen molar-refractivity contribution >= 4 is 5.97 Å². The summed E-state index contributed by atoms with van der Waals surface area (Å²) in [6.07, 6.45) is -4.17. The van der Waals surface area contributed by atoms with Gasteiger partial charge in [-0.05, 0) is 42.3 Å². The summed E-state index contributed by atoms with van der Waals surface area (Å²) in [5.41, 5.74) is 1.07.